The summed E-state index contributed by atoms with van der Waals surface area (Å²) in [6.45, 7) is 8.16. The summed E-state index contributed by atoms with van der Waals surface area (Å²) in [5.74, 6) is -0.787. The van der Waals surface area contributed by atoms with Crippen molar-refractivity contribution in [1.82, 2.24) is 20.0 Å². The van der Waals surface area contributed by atoms with E-state index >= 15 is 0 Å². The molecule has 1 aromatic heterocycles. The molecule has 7 nitrogen and oxygen atoms in total. The molecular formula is C20H28N4O3. The first-order chi connectivity index (χ1) is 12.7. The SMILES string of the molecule is CN(CCc1cn[nH]c1)C(=O)[C@@H]1[C@@H]2C=C[C@@]3(CN(CC(C)(C)C)C(=O)[C@H]13)O2. The smallest absolute Gasteiger partial charge is 0.230 e. The fourth-order valence-electron chi connectivity index (χ4n) is 4.64. The molecule has 3 aliphatic rings. The normalized spacial score (nSPS) is 31.6. The summed E-state index contributed by atoms with van der Waals surface area (Å²) < 4.78 is 6.20. The monoisotopic (exact) mass is 372 g/mol. The highest BCUT2D eigenvalue weighted by atomic mass is 16.5. The summed E-state index contributed by atoms with van der Waals surface area (Å²) in [5.41, 5.74) is 0.440. The van der Waals surface area contributed by atoms with Gasteiger partial charge in [0.1, 0.15) is 5.60 Å². The number of rotatable bonds is 5. The highest BCUT2D eigenvalue weighted by Crippen LogP contribution is 2.52. The van der Waals surface area contributed by atoms with Crippen molar-refractivity contribution in [2.24, 2.45) is 17.3 Å². The van der Waals surface area contributed by atoms with E-state index < -0.39 is 17.4 Å². The van der Waals surface area contributed by atoms with E-state index in [1.807, 2.05) is 23.2 Å². The Morgan fingerprint density at radius 1 is 1.48 bits per heavy atom. The molecule has 0 radical (unpaired) electrons. The molecule has 4 heterocycles. The summed E-state index contributed by atoms with van der Waals surface area (Å²) in [6.07, 6.45) is 8.02. The first kappa shape index (κ1) is 18.2. The Labute approximate surface area is 159 Å². The first-order valence-electron chi connectivity index (χ1n) is 9.59. The Bertz CT molecular complexity index is 767. The van der Waals surface area contributed by atoms with Gasteiger partial charge in [-0.05, 0) is 17.4 Å². The minimum atomic E-state index is -0.626. The van der Waals surface area contributed by atoms with E-state index in [1.54, 1.807) is 18.1 Å². The summed E-state index contributed by atoms with van der Waals surface area (Å²) in [5, 5.41) is 6.72. The van der Waals surface area contributed by atoms with Crippen LogP contribution in [-0.2, 0) is 20.7 Å². The van der Waals surface area contributed by atoms with E-state index in [4.69, 9.17) is 4.74 Å². The zero-order valence-corrected chi connectivity index (χ0v) is 16.4. The quantitative estimate of drug-likeness (QED) is 0.789. The molecule has 1 aromatic rings. The second kappa shape index (κ2) is 6.19. The van der Waals surface area contributed by atoms with Crippen LogP contribution in [-0.4, -0.2) is 70.2 Å². The molecule has 2 saturated heterocycles. The van der Waals surface area contributed by atoms with Crippen LogP contribution in [0.2, 0.25) is 0 Å². The number of likely N-dealkylation sites (tertiary alicyclic amines) is 1. The van der Waals surface area contributed by atoms with Crippen LogP contribution in [0.15, 0.2) is 24.5 Å². The van der Waals surface area contributed by atoms with E-state index in [0.29, 0.717) is 19.6 Å². The van der Waals surface area contributed by atoms with Gasteiger partial charge in [-0.3, -0.25) is 14.7 Å². The summed E-state index contributed by atoms with van der Waals surface area (Å²) >= 11 is 0. The molecule has 7 heteroatoms. The maximum absolute atomic E-state index is 13.2. The van der Waals surface area contributed by atoms with Gasteiger partial charge in [0.2, 0.25) is 11.8 Å². The Hall–Kier alpha value is -2.15. The number of ether oxygens (including phenoxy) is 1. The molecule has 0 aliphatic carbocycles. The van der Waals surface area contributed by atoms with Crippen LogP contribution in [0.4, 0.5) is 0 Å². The van der Waals surface area contributed by atoms with Crippen LogP contribution in [0.1, 0.15) is 26.3 Å². The minimum Gasteiger partial charge on any atom is -0.360 e. The summed E-state index contributed by atoms with van der Waals surface area (Å²) in [6, 6.07) is 0. The van der Waals surface area contributed by atoms with Gasteiger partial charge in [-0.25, -0.2) is 0 Å². The maximum atomic E-state index is 13.2. The first-order valence-corrected chi connectivity index (χ1v) is 9.59. The molecule has 2 fully saturated rings. The third-order valence-electron chi connectivity index (χ3n) is 5.80. The standard InChI is InChI=1S/C20H28N4O3/c1-19(2,3)11-24-12-20-7-5-14(27-20)15(16(20)18(24)26)17(25)23(4)8-6-13-9-21-22-10-13/h5,7,9-10,14-16H,6,8,11-12H2,1-4H3,(H,21,22)/t14-,15+,16-,20-/m0/s1. The number of aromatic amines is 1. The third kappa shape index (κ3) is 3.08. The molecule has 4 rings (SSSR count). The maximum Gasteiger partial charge on any atom is 0.230 e. The van der Waals surface area contributed by atoms with Crippen LogP contribution in [0.25, 0.3) is 0 Å². The van der Waals surface area contributed by atoms with Crippen LogP contribution in [0, 0.1) is 17.3 Å². The molecule has 0 saturated carbocycles. The largest absolute Gasteiger partial charge is 0.360 e. The highest BCUT2D eigenvalue weighted by Gasteiger charge is 2.67. The Kier molecular flexibility index (Phi) is 4.18. The van der Waals surface area contributed by atoms with Crippen LogP contribution < -0.4 is 0 Å². The van der Waals surface area contributed by atoms with Gasteiger partial charge in [0.15, 0.2) is 0 Å². The lowest BCUT2D eigenvalue weighted by molar-refractivity contribution is -0.142. The third-order valence-corrected chi connectivity index (χ3v) is 5.80. The van der Waals surface area contributed by atoms with Crippen LogP contribution in [0.5, 0.6) is 0 Å². The number of hydrogen-bond acceptors (Lipinski definition) is 4. The van der Waals surface area contributed by atoms with Gasteiger partial charge in [-0.1, -0.05) is 32.9 Å². The van der Waals surface area contributed by atoms with Gasteiger partial charge < -0.3 is 14.5 Å². The molecule has 1 spiro atoms. The van der Waals surface area contributed by atoms with E-state index in [9.17, 15) is 9.59 Å². The van der Waals surface area contributed by atoms with Gasteiger partial charge >= 0.3 is 0 Å². The van der Waals surface area contributed by atoms with Crippen LogP contribution in [0.3, 0.4) is 0 Å². The number of carbonyl (C=O) groups excluding carboxylic acids is 2. The van der Waals surface area contributed by atoms with Crippen molar-refractivity contribution in [2.75, 3.05) is 26.7 Å². The number of hydrogen-bond donors (Lipinski definition) is 1. The molecule has 3 aliphatic heterocycles. The van der Waals surface area contributed by atoms with E-state index in [-0.39, 0.29) is 23.3 Å². The zero-order chi connectivity index (χ0) is 19.4. The van der Waals surface area contributed by atoms with Gasteiger partial charge in [0.25, 0.3) is 0 Å². The Morgan fingerprint density at radius 2 is 2.26 bits per heavy atom. The Balaban J connectivity index is 1.49. The highest BCUT2D eigenvalue weighted by molar-refractivity contribution is 5.93. The Morgan fingerprint density at radius 3 is 2.93 bits per heavy atom. The molecule has 2 amide bonds. The van der Waals surface area contributed by atoms with E-state index in [2.05, 4.69) is 31.0 Å². The molecule has 0 aromatic carbocycles. The van der Waals surface area contributed by atoms with Crippen molar-refractivity contribution < 1.29 is 14.3 Å². The predicted molar refractivity (Wildman–Crippen MR) is 99.7 cm³/mol. The van der Waals surface area contributed by atoms with Crippen molar-refractivity contribution in [3.05, 3.63) is 30.1 Å². The molecular weight excluding hydrogens is 344 g/mol. The average molecular weight is 372 g/mol. The van der Waals surface area contributed by atoms with Gasteiger partial charge in [-0.15, -0.1) is 0 Å². The number of nitrogens with zero attached hydrogens (tertiary/aromatic N) is 3. The van der Waals surface area contributed by atoms with Crippen molar-refractivity contribution in [1.29, 1.82) is 0 Å². The van der Waals surface area contributed by atoms with Crippen molar-refractivity contribution in [2.45, 2.75) is 38.9 Å². The molecule has 4 atom stereocenters. The number of nitrogens with one attached hydrogen (secondary N) is 1. The van der Waals surface area contributed by atoms with Crippen LogP contribution >= 0.6 is 0 Å². The number of H-pyrrole nitrogens is 1. The molecule has 1 N–H and O–H groups in total. The molecule has 0 unspecified atom stereocenters. The van der Waals surface area contributed by atoms with Gasteiger partial charge in [-0.2, -0.15) is 5.10 Å². The van der Waals surface area contributed by atoms with Gasteiger partial charge in [0, 0.05) is 26.3 Å². The van der Waals surface area contributed by atoms with Crippen molar-refractivity contribution >= 4 is 11.8 Å². The molecule has 27 heavy (non-hydrogen) atoms. The minimum absolute atomic E-state index is 0.00749. The zero-order valence-electron chi connectivity index (χ0n) is 16.4. The van der Waals surface area contributed by atoms with Crippen molar-refractivity contribution in [3.8, 4) is 0 Å². The second-order valence-corrected chi connectivity index (χ2v) is 9.27. The van der Waals surface area contributed by atoms with E-state index in [1.165, 1.54) is 0 Å². The number of aromatic nitrogens is 2. The van der Waals surface area contributed by atoms with E-state index in [0.717, 1.165) is 12.0 Å². The number of carbonyl (C=O) groups is 2. The lowest BCUT2D eigenvalue weighted by Crippen LogP contribution is -2.45. The number of likely N-dealkylation sites (N-methyl/N-ethyl adjacent to an activating group) is 1. The molecule has 146 valence electrons. The lowest BCUT2D eigenvalue weighted by Gasteiger charge is -2.29. The molecule has 2 bridgehead atoms. The number of amides is 2. The lowest BCUT2D eigenvalue weighted by atomic mass is 9.76. The summed E-state index contributed by atoms with van der Waals surface area (Å²) in [7, 11) is 1.80. The average Bonchev–Trinajstić information content (AvgIpc) is 3.33. The van der Waals surface area contributed by atoms with Crippen molar-refractivity contribution in [3.63, 3.8) is 0 Å². The second-order valence-electron chi connectivity index (χ2n) is 9.27. The fraction of sp³-hybridized carbons (Fsp3) is 0.650. The number of fused-ring (bicyclic) bond motifs is 1. The predicted octanol–water partition coefficient (Wildman–Crippen LogP) is 1.24. The topological polar surface area (TPSA) is 78.5 Å². The summed E-state index contributed by atoms with van der Waals surface area (Å²) in [4.78, 5) is 30.0. The fourth-order valence-corrected chi connectivity index (χ4v) is 4.64. The van der Waals surface area contributed by atoms with Gasteiger partial charge in [0.05, 0.1) is 30.7 Å².